The quantitative estimate of drug-likeness (QED) is 0.927. The fourth-order valence-electron chi connectivity index (χ4n) is 1.42. The molecule has 0 radical (unpaired) electrons. The summed E-state index contributed by atoms with van der Waals surface area (Å²) in [5.41, 5.74) is 0.501. The molecule has 96 valence electrons. The number of benzene rings is 1. The van der Waals surface area contributed by atoms with Gasteiger partial charge in [0.25, 0.3) is 0 Å². The molecule has 2 rings (SSSR count). The van der Waals surface area contributed by atoms with Crippen LogP contribution in [0.2, 0.25) is 5.02 Å². The fraction of sp³-hybridized carbons (Fsp3) is 0.100. The van der Waals surface area contributed by atoms with Crippen LogP contribution in [0.5, 0.6) is 0 Å². The third-order valence-corrected chi connectivity index (χ3v) is 3.59. The number of nitrogens with zero attached hydrogens (tertiary/aromatic N) is 2. The van der Waals surface area contributed by atoms with E-state index in [0.717, 1.165) is 6.20 Å². The summed E-state index contributed by atoms with van der Waals surface area (Å²) in [5, 5.41) is 8.77. The van der Waals surface area contributed by atoms with Crippen LogP contribution in [0.4, 0.5) is 4.39 Å². The average Bonchev–Trinajstić information content (AvgIpc) is 2.73. The molecule has 0 unspecified atom stereocenters. The Morgan fingerprint density at radius 2 is 2.17 bits per heavy atom. The van der Waals surface area contributed by atoms with Gasteiger partial charge in [0.05, 0.1) is 17.8 Å². The van der Waals surface area contributed by atoms with E-state index in [9.17, 15) is 12.8 Å². The first-order valence-corrected chi connectivity index (χ1v) is 6.78. The first-order valence-electron chi connectivity index (χ1n) is 4.86. The number of rotatable bonds is 3. The van der Waals surface area contributed by atoms with Crippen LogP contribution in [0, 0.1) is 5.82 Å². The van der Waals surface area contributed by atoms with Crippen molar-refractivity contribution in [3.63, 3.8) is 0 Å². The molecule has 2 N–H and O–H groups in total. The molecular weight excluding hydrogens is 281 g/mol. The first-order chi connectivity index (χ1) is 8.38. The van der Waals surface area contributed by atoms with Crippen LogP contribution < -0.4 is 5.14 Å². The van der Waals surface area contributed by atoms with Gasteiger partial charge in [-0.25, -0.2) is 17.9 Å². The van der Waals surface area contributed by atoms with E-state index in [2.05, 4.69) is 5.10 Å². The molecule has 0 spiro atoms. The Balaban J connectivity index is 2.30. The zero-order chi connectivity index (χ0) is 13.3. The molecular formula is C10H9ClFN3O2S. The van der Waals surface area contributed by atoms with Crippen molar-refractivity contribution in [3.8, 4) is 0 Å². The van der Waals surface area contributed by atoms with E-state index in [0.29, 0.717) is 5.56 Å². The lowest BCUT2D eigenvalue weighted by Crippen LogP contribution is -2.11. The van der Waals surface area contributed by atoms with Gasteiger partial charge < -0.3 is 0 Å². The molecule has 0 bridgehead atoms. The maximum Gasteiger partial charge on any atom is 0.241 e. The van der Waals surface area contributed by atoms with Crippen molar-refractivity contribution >= 4 is 21.6 Å². The Labute approximate surface area is 108 Å². The highest BCUT2D eigenvalue weighted by Crippen LogP contribution is 2.20. The Kier molecular flexibility index (Phi) is 3.38. The zero-order valence-electron chi connectivity index (χ0n) is 9.05. The standard InChI is InChI=1S/C10H9ClFN3O2S/c11-10-7(2-1-3-9(10)12)5-15-6-8(4-14-15)18(13,16)17/h1-4,6H,5H2,(H2,13,16,17). The minimum Gasteiger partial charge on any atom is -0.267 e. The number of halogens is 2. The number of hydrogen-bond donors (Lipinski definition) is 1. The third-order valence-electron chi connectivity index (χ3n) is 2.30. The lowest BCUT2D eigenvalue weighted by atomic mass is 10.2. The minimum atomic E-state index is -3.78. The summed E-state index contributed by atoms with van der Waals surface area (Å²) in [6.45, 7) is 0.159. The molecule has 0 atom stereocenters. The van der Waals surface area contributed by atoms with Gasteiger partial charge in [-0.1, -0.05) is 23.7 Å². The molecule has 0 saturated carbocycles. The van der Waals surface area contributed by atoms with Crippen LogP contribution in [-0.2, 0) is 16.6 Å². The van der Waals surface area contributed by atoms with E-state index in [4.69, 9.17) is 16.7 Å². The highest BCUT2D eigenvalue weighted by molar-refractivity contribution is 7.89. The normalized spacial score (nSPS) is 11.7. The topological polar surface area (TPSA) is 78.0 Å². The van der Waals surface area contributed by atoms with Crippen molar-refractivity contribution < 1.29 is 12.8 Å². The minimum absolute atomic E-state index is 0.00912. The van der Waals surface area contributed by atoms with E-state index >= 15 is 0 Å². The van der Waals surface area contributed by atoms with E-state index in [1.165, 1.54) is 23.0 Å². The summed E-state index contributed by atoms with van der Waals surface area (Å²) in [6.07, 6.45) is 2.39. The molecule has 1 heterocycles. The first kappa shape index (κ1) is 13.0. The number of hydrogen-bond acceptors (Lipinski definition) is 3. The summed E-state index contributed by atoms with van der Waals surface area (Å²) in [7, 11) is -3.78. The second-order valence-corrected chi connectivity index (χ2v) is 5.57. The van der Waals surface area contributed by atoms with Crippen molar-refractivity contribution in [2.45, 2.75) is 11.4 Å². The molecule has 0 amide bonds. The van der Waals surface area contributed by atoms with E-state index < -0.39 is 15.8 Å². The Morgan fingerprint density at radius 3 is 2.78 bits per heavy atom. The van der Waals surface area contributed by atoms with Crippen molar-refractivity contribution in [1.29, 1.82) is 0 Å². The Morgan fingerprint density at radius 1 is 1.44 bits per heavy atom. The van der Waals surface area contributed by atoms with Crippen LogP contribution in [0.15, 0.2) is 35.5 Å². The van der Waals surface area contributed by atoms with E-state index in [1.807, 2.05) is 0 Å². The van der Waals surface area contributed by atoms with Crippen LogP contribution in [0.1, 0.15) is 5.56 Å². The summed E-state index contributed by atoms with van der Waals surface area (Å²) < 4.78 is 36.6. The van der Waals surface area contributed by atoms with Gasteiger partial charge in [0.2, 0.25) is 10.0 Å². The van der Waals surface area contributed by atoms with Crippen molar-refractivity contribution in [1.82, 2.24) is 9.78 Å². The molecule has 18 heavy (non-hydrogen) atoms. The molecule has 5 nitrogen and oxygen atoms in total. The molecule has 2 aromatic rings. The monoisotopic (exact) mass is 289 g/mol. The smallest absolute Gasteiger partial charge is 0.241 e. The number of aromatic nitrogens is 2. The second-order valence-electron chi connectivity index (χ2n) is 3.63. The van der Waals surface area contributed by atoms with Gasteiger partial charge in [0.15, 0.2) is 0 Å². The molecule has 0 saturated heterocycles. The maximum absolute atomic E-state index is 13.2. The van der Waals surface area contributed by atoms with Gasteiger partial charge in [-0.2, -0.15) is 5.10 Å². The van der Waals surface area contributed by atoms with Crippen LogP contribution in [-0.4, -0.2) is 18.2 Å². The maximum atomic E-state index is 13.2. The molecule has 1 aromatic heterocycles. The molecule has 1 aromatic carbocycles. The van der Waals surface area contributed by atoms with Gasteiger partial charge >= 0.3 is 0 Å². The van der Waals surface area contributed by atoms with Gasteiger partial charge in [0, 0.05) is 6.20 Å². The van der Waals surface area contributed by atoms with Gasteiger partial charge in [0.1, 0.15) is 10.7 Å². The zero-order valence-corrected chi connectivity index (χ0v) is 10.6. The average molecular weight is 290 g/mol. The van der Waals surface area contributed by atoms with Crippen LogP contribution >= 0.6 is 11.6 Å². The highest BCUT2D eigenvalue weighted by Gasteiger charge is 2.12. The fourth-order valence-corrected chi connectivity index (χ4v) is 2.07. The molecule has 8 heteroatoms. The summed E-state index contributed by atoms with van der Waals surface area (Å²) in [6, 6.07) is 4.38. The lowest BCUT2D eigenvalue weighted by Gasteiger charge is -2.04. The number of primary sulfonamides is 1. The third kappa shape index (κ3) is 2.69. The molecule has 0 aliphatic rings. The second kappa shape index (κ2) is 4.68. The van der Waals surface area contributed by atoms with Crippen LogP contribution in [0.3, 0.4) is 0 Å². The number of sulfonamides is 1. The van der Waals surface area contributed by atoms with E-state index in [-0.39, 0.29) is 16.5 Å². The molecule has 0 aliphatic heterocycles. The van der Waals surface area contributed by atoms with Gasteiger partial charge in [-0.15, -0.1) is 0 Å². The Hall–Kier alpha value is -1.44. The molecule has 0 fully saturated rings. The van der Waals surface area contributed by atoms with Gasteiger partial charge in [-0.3, -0.25) is 4.68 Å². The largest absolute Gasteiger partial charge is 0.267 e. The summed E-state index contributed by atoms with van der Waals surface area (Å²) >= 11 is 5.78. The lowest BCUT2D eigenvalue weighted by molar-refractivity contribution is 0.597. The predicted octanol–water partition coefficient (Wildman–Crippen LogP) is 1.37. The van der Waals surface area contributed by atoms with E-state index in [1.54, 1.807) is 6.07 Å². The molecule has 0 aliphatic carbocycles. The summed E-state index contributed by atoms with van der Waals surface area (Å²) in [5.74, 6) is -0.534. The summed E-state index contributed by atoms with van der Waals surface area (Å²) in [4.78, 5) is -0.102. The Bertz CT molecular complexity index is 684. The highest BCUT2D eigenvalue weighted by atomic mass is 35.5. The SMILES string of the molecule is NS(=O)(=O)c1cnn(Cc2cccc(F)c2Cl)c1. The van der Waals surface area contributed by atoms with Crippen molar-refractivity contribution in [2.24, 2.45) is 5.14 Å². The predicted molar refractivity (Wildman–Crippen MR) is 64.1 cm³/mol. The van der Waals surface area contributed by atoms with Crippen molar-refractivity contribution in [3.05, 3.63) is 47.0 Å². The van der Waals surface area contributed by atoms with Gasteiger partial charge in [-0.05, 0) is 11.6 Å². The number of nitrogens with two attached hydrogens (primary N) is 1. The van der Waals surface area contributed by atoms with Crippen molar-refractivity contribution in [2.75, 3.05) is 0 Å². The van der Waals surface area contributed by atoms with Crippen LogP contribution in [0.25, 0.3) is 0 Å².